The molecule has 0 aliphatic rings. The third kappa shape index (κ3) is 4.48. The number of likely N-dealkylation sites (N-methyl/N-ethyl adjacent to an activating group) is 1. The lowest BCUT2D eigenvalue weighted by molar-refractivity contribution is 0.0846. The van der Waals surface area contributed by atoms with E-state index in [4.69, 9.17) is 16.3 Å². The van der Waals surface area contributed by atoms with E-state index < -0.39 is 6.10 Å². The molecule has 1 atom stereocenters. The maximum atomic E-state index is 9.49. The number of benzene rings is 1. The minimum Gasteiger partial charge on any atom is -0.389 e. The molecule has 0 aliphatic carbocycles. The highest BCUT2D eigenvalue weighted by Gasteiger charge is 2.09. The fourth-order valence-electron chi connectivity index (χ4n) is 1.64. The molecule has 3 nitrogen and oxygen atoms in total. The third-order valence-corrected chi connectivity index (χ3v) is 3.05. The van der Waals surface area contributed by atoms with Crippen LogP contribution in [-0.2, 0) is 4.74 Å². The summed E-state index contributed by atoms with van der Waals surface area (Å²) in [6.45, 7) is 7.22. The molecule has 0 aromatic heterocycles. The van der Waals surface area contributed by atoms with Gasteiger partial charge in [-0.2, -0.15) is 0 Å². The summed E-state index contributed by atoms with van der Waals surface area (Å²) in [4.78, 5) is 2.05. The monoisotopic (exact) mass is 271 g/mol. The molecular formula is C14H22ClNO2. The van der Waals surface area contributed by atoms with Crippen LogP contribution in [0.1, 0.15) is 32.4 Å². The summed E-state index contributed by atoms with van der Waals surface area (Å²) >= 11 is 6.22. The van der Waals surface area contributed by atoms with E-state index in [0.717, 1.165) is 17.8 Å². The van der Waals surface area contributed by atoms with Gasteiger partial charge in [0.15, 0.2) is 0 Å². The molecular weight excluding hydrogens is 250 g/mol. The number of halogens is 1. The molecule has 1 rings (SSSR count). The van der Waals surface area contributed by atoms with Crippen molar-refractivity contribution in [1.82, 2.24) is 0 Å². The molecule has 0 radical (unpaired) electrons. The van der Waals surface area contributed by atoms with Gasteiger partial charge in [-0.3, -0.25) is 0 Å². The number of anilines is 1. The van der Waals surface area contributed by atoms with Crippen LogP contribution in [0.3, 0.4) is 0 Å². The van der Waals surface area contributed by atoms with Crippen molar-refractivity contribution in [2.24, 2.45) is 0 Å². The van der Waals surface area contributed by atoms with Crippen molar-refractivity contribution in [2.45, 2.75) is 33.0 Å². The highest BCUT2D eigenvalue weighted by Crippen LogP contribution is 2.28. The lowest BCUT2D eigenvalue weighted by atomic mass is 10.1. The van der Waals surface area contributed by atoms with E-state index in [2.05, 4.69) is 4.90 Å². The van der Waals surface area contributed by atoms with Crippen LogP contribution in [0.25, 0.3) is 0 Å². The zero-order valence-corrected chi connectivity index (χ0v) is 12.2. The molecule has 0 heterocycles. The Balaban J connectivity index is 2.65. The van der Waals surface area contributed by atoms with E-state index in [-0.39, 0.29) is 6.10 Å². The second kappa shape index (κ2) is 6.98. The van der Waals surface area contributed by atoms with Crippen LogP contribution in [0.15, 0.2) is 18.2 Å². The molecule has 0 amide bonds. The maximum absolute atomic E-state index is 9.49. The minimum absolute atomic E-state index is 0.242. The molecule has 102 valence electrons. The molecule has 18 heavy (non-hydrogen) atoms. The van der Waals surface area contributed by atoms with Crippen LogP contribution in [0.5, 0.6) is 0 Å². The Hall–Kier alpha value is -0.770. The van der Waals surface area contributed by atoms with Crippen molar-refractivity contribution in [3.8, 4) is 0 Å². The second-order valence-corrected chi connectivity index (χ2v) is 5.14. The van der Waals surface area contributed by atoms with E-state index in [0.29, 0.717) is 11.6 Å². The second-order valence-electron chi connectivity index (χ2n) is 4.73. The average molecular weight is 272 g/mol. The summed E-state index contributed by atoms with van der Waals surface area (Å²) in [6, 6.07) is 5.63. The Morgan fingerprint density at radius 1 is 1.33 bits per heavy atom. The zero-order chi connectivity index (χ0) is 13.7. The van der Waals surface area contributed by atoms with E-state index in [1.165, 1.54) is 0 Å². The summed E-state index contributed by atoms with van der Waals surface area (Å²) in [7, 11) is 1.98. The number of rotatable bonds is 6. The van der Waals surface area contributed by atoms with Gasteiger partial charge in [0.05, 0.1) is 29.5 Å². The number of nitrogens with zero attached hydrogens (tertiary/aromatic N) is 1. The van der Waals surface area contributed by atoms with Gasteiger partial charge in [-0.15, -0.1) is 0 Å². The number of hydrogen-bond donors (Lipinski definition) is 1. The minimum atomic E-state index is -0.494. The Bertz CT molecular complexity index is 380. The van der Waals surface area contributed by atoms with Crippen molar-refractivity contribution in [2.75, 3.05) is 25.1 Å². The standard InChI is InChI=1S/C14H22ClNO2/c1-10(2)18-8-7-16(4)14-6-5-12(11(3)17)9-13(14)15/h5-6,9-11,17H,7-8H2,1-4H3/t11-/m1/s1. The Kier molecular flexibility index (Phi) is 5.93. The van der Waals surface area contributed by atoms with Crippen molar-refractivity contribution in [3.63, 3.8) is 0 Å². The van der Waals surface area contributed by atoms with Crippen LogP contribution in [0.2, 0.25) is 5.02 Å². The Morgan fingerprint density at radius 3 is 2.50 bits per heavy atom. The van der Waals surface area contributed by atoms with Crippen molar-refractivity contribution in [3.05, 3.63) is 28.8 Å². The lowest BCUT2D eigenvalue weighted by Crippen LogP contribution is -2.24. The largest absolute Gasteiger partial charge is 0.389 e. The van der Waals surface area contributed by atoms with Gasteiger partial charge in [0.2, 0.25) is 0 Å². The van der Waals surface area contributed by atoms with Crippen LogP contribution in [0.4, 0.5) is 5.69 Å². The molecule has 0 saturated heterocycles. The lowest BCUT2D eigenvalue weighted by Gasteiger charge is -2.22. The highest BCUT2D eigenvalue weighted by atomic mass is 35.5. The van der Waals surface area contributed by atoms with E-state index in [1.807, 2.05) is 33.0 Å². The molecule has 4 heteroatoms. The van der Waals surface area contributed by atoms with Crippen LogP contribution in [-0.4, -0.2) is 31.4 Å². The first-order valence-corrected chi connectivity index (χ1v) is 6.60. The molecule has 0 saturated carbocycles. The van der Waals surface area contributed by atoms with Gasteiger partial charge in [0.25, 0.3) is 0 Å². The molecule has 0 unspecified atom stereocenters. The Labute approximate surface area is 114 Å². The number of hydrogen-bond acceptors (Lipinski definition) is 3. The zero-order valence-electron chi connectivity index (χ0n) is 11.5. The summed E-state index contributed by atoms with van der Waals surface area (Å²) in [6.07, 6.45) is -0.252. The third-order valence-electron chi connectivity index (χ3n) is 2.74. The van der Waals surface area contributed by atoms with E-state index in [9.17, 15) is 5.11 Å². The molecule has 0 aliphatic heterocycles. The van der Waals surface area contributed by atoms with Gasteiger partial charge in [-0.1, -0.05) is 17.7 Å². The average Bonchev–Trinajstić information content (AvgIpc) is 2.27. The number of ether oxygens (including phenoxy) is 1. The molecule has 0 spiro atoms. The van der Waals surface area contributed by atoms with Gasteiger partial charge in [0, 0.05) is 13.6 Å². The molecule has 1 aromatic rings. The summed E-state index contributed by atoms with van der Waals surface area (Å²) < 4.78 is 5.51. The summed E-state index contributed by atoms with van der Waals surface area (Å²) in [5.74, 6) is 0. The summed E-state index contributed by atoms with van der Waals surface area (Å²) in [5.41, 5.74) is 1.78. The number of aliphatic hydroxyl groups is 1. The van der Waals surface area contributed by atoms with E-state index >= 15 is 0 Å². The Morgan fingerprint density at radius 2 is 2.00 bits per heavy atom. The van der Waals surface area contributed by atoms with Gasteiger partial charge in [-0.25, -0.2) is 0 Å². The predicted octanol–water partition coefficient (Wildman–Crippen LogP) is 3.25. The highest BCUT2D eigenvalue weighted by molar-refractivity contribution is 6.33. The SMILES string of the molecule is CC(C)OCCN(C)c1ccc([C@@H](C)O)cc1Cl. The molecule has 0 bridgehead atoms. The maximum Gasteiger partial charge on any atom is 0.0762 e. The molecule has 0 fully saturated rings. The number of aliphatic hydroxyl groups excluding tert-OH is 1. The molecule has 1 N–H and O–H groups in total. The van der Waals surface area contributed by atoms with Gasteiger partial charge in [0.1, 0.15) is 0 Å². The topological polar surface area (TPSA) is 32.7 Å². The fraction of sp³-hybridized carbons (Fsp3) is 0.571. The first kappa shape index (κ1) is 15.3. The van der Waals surface area contributed by atoms with Crippen LogP contribution >= 0.6 is 11.6 Å². The quantitative estimate of drug-likeness (QED) is 0.862. The predicted molar refractivity (Wildman–Crippen MR) is 76.4 cm³/mol. The summed E-state index contributed by atoms with van der Waals surface area (Å²) in [5, 5.41) is 10.1. The van der Waals surface area contributed by atoms with Crippen LogP contribution in [0, 0.1) is 0 Å². The van der Waals surface area contributed by atoms with Gasteiger partial charge >= 0.3 is 0 Å². The fourth-order valence-corrected chi connectivity index (χ4v) is 1.97. The first-order chi connectivity index (χ1) is 8.41. The van der Waals surface area contributed by atoms with E-state index in [1.54, 1.807) is 13.0 Å². The van der Waals surface area contributed by atoms with Gasteiger partial charge in [-0.05, 0) is 38.5 Å². The van der Waals surface area contributed by atoms with Crippen molar-refractivity contribution < 1.29 is 9.84 Å². The van der Waals surface area contributed by atoms with Crippen LogP contribution < -0.4 is 4.90 Å². The van der Waals surface area contributed by atoms with Crippen molar-refractivity contribution >= 4 is 17.3 Å². The van der Waals surface area contributed by atoms with Gasteiger partial charge < -0.3 is 14.7 Å². The molecule has 1 aromatic carbocycles. The first-order valence-electron chi connectivity index (χ1n) is 6.22. The van der Waals surface area contributed by atoms with Crippen molar-refractivity contribution in [1.29, 1.82) is 0 Å². The normalized spacial score (nSPS) is 12.8. The smallest absolute Gasteiger partial charge is 0.0762 e.